The van der Waals surface area contributed by atoms with E-state index < -0.39 is 22.1 Å². The van der Waals surface area contributed by atoms with Gasteiger partial charge >= 0.3 is 38.6 Å². The van der Waals surface area contributed by atoms with Crippen LogP contribution in [-0.4, -0.2) is 17.4 Å². The molecule has 30 valence electrons. The summed E-state index contributed by atoms with van der Waals surface area (Å²) in [5.74, 6) is 0. The number of hydrogen-bond donors (Lipinski definition) is 0. The number of halogens is 3. The molecule has 0 unspecified atom stereocenters. The van der Waals surface area contributed by atoms with Crippen molar-refractivity contribution < 1.29 is 22.1 Å². The molecule has 0 aromatic heterocycles. The molecule has 0 aromatic carbocycles. The molecule has 0 atom stereocenters. The molecule has 0 spiro atoms. The summed E-state index contributed by atoms with van der Waals surface area (Å²) in [6.07, 6.45) is 0. The molecule has 0 aliphatic rings. The Morgan fingerprint density at radius 3 is 1.20 bits per heavy atom. The molecule has 0 bridgehead atoms. The molecule has 0 aromatic rings. The van der Waals surface area contributed by atoms with Crippen LogP contribution in [-0.2, 0) is 22.1 Å². The summed E-state index contributed by atoms with van der Waals surface area (Å²) in [6, 6.07) is 0. The second-order valence-electron chi connectivity index (χ2n) is 0.101. The monoisotopic (exact) mass is 338 g/mol. The predicted molar refractivity (Wildman–Crippen MR) is 28.9 cm³/mol. The van der Waals surface area contributed by atoms with Crippen molar-refractivity contribution in [2.24, 2.45) is 0 Å². The molecule has 0 aliphatic carbocycles. The molecule has 5 heteroatoms. The fourth-order valence-corrected chi connectivity index (χ4v) is 0. The van der Waals surface area contributed by atoms with E-state index in [1.807, 2.05) is 0 Å². The van der Waals surface area contributed by atoms with E-state index in [9.17, 15) is 0 Å². The summed E-state index contributed by atoms with van der Waals surface area (Å²) in [6.45, 7) is 0. The fraction of sp³-hybridized carbons (Fsp3) is 0. The Labute approximate surface area is 67.5 Å². The third kappa shape index (κ3) is 21.8. The molecule has 0 saturated heterocycles. The van der Waals surface area contributed by atoms with Gasteiger partial charge in [0.15, 0.2) is 17.4 Å². The van der Waals surface area contributed by atoms with Crippen molar-refractivity contribution in [1.82, 2.24) is 0 Å². The average Bonchev–Trinajstić information content (AvgIpc) is 0.918. The van der Waals surface area contributed by atoms with Crippen LogP contribution in [0.25, 0.3) is 0 Å². The van der Waals surface area contributed by atoms with E-state index >= 15 is 0 Å². The van der Waals surface area contributed by atoms with Gasteiger partial charge in [0, 0.05) is 0 Å². The first-order chi connectivity index (χ1) is 1.41. The van der Waals surface area contributed by atoms with Gasteiger partial charge in [-0.3, -0.25) is 0 Å². The third-order valence-corrected chi connectivity index (χ3v) is 0. The van der Waals surface area contributed by atoms with Crippen LogP contribution in [0.15, 0.2) is 0 Å². The summed E-state index contributed by atoms with van der Waals surface area (Å²) in [5.41, 5.74) is 0. The van der Waals surface area contributed by atoms with Gasteiger partial charge in [0.05, 0.1) is 0 Å². The molecule has 0 N–H and O–H groups in total. The molecule has 0 amide bonds. The first-order valence-electron chi connectivity index (χ1n) is 0.535. The van der Waals surface area contributed by atoms with Crippen LogP contribution in [0.4, 0.5) is 0 Å². The number of rotatable bonds is 0. The van der Waals surface area contributed by atoms with Crippen LogP contribution in [0.2, 0.25) is 0 Å². The zero-order valence-corrected chi connectivity index (χ0v) is 9.70. The van der Waals surface area contributed by atoms with Gasteiger partial charge in [-0.25, -0.2) is 0 Å². The predicted octanol–water partition coefficient (Wildman–Crippen LogP) is 0.614. The number of hydrogen-bond acceptors (Lipinski definition) is 0. The minimum atomic E-state index is -1.14. The van der Waals surface area contributed by atoms with Crippen molar-refractivity contribution in [2.75, 3.05) is 0 Å². The van der Waals surface area contributed by atoms with Crippen LogP contribution < -0.4 is 0 Å². The van der Waals surface area contributed by atoms with Crippen molar-refractivity contribution in [2.45, 2.75) is 0 Å². The molecule has 0 heterocycles. The van der Waals surface area contributed by atoms with E-state index in [1.165, 1.54) is 0 Å². The third-order valence-electron chi connectivity index (χ3n) is 0. The van der Waals surface area contributed by atoms with Gasteiger partial charge in [0.1, 0.15) is 0 Å². The Kier molecular flexibility index (Phi) is 50.8. The molecule has 0 radical (unpaired) electrons. The van der Waals surface area contributed by atoms with Gasteiger partial charge in [-0.15, -0.1) is 12.4 Å². The minimum absolute atomic E-state index is 0. The molecule has 0 nitrogen and oxygen atoms in total. The van der Waals surface area contributed by atoms with E-state index in [1.54, 1.807) is 0 Å². The molecule has 5 heavy (non-hydrogen) atoms. The molecule has 0 fully saturated rings. The first-order valence-corrected chi connectivity index (χ1v) is 14.1. The summed E-state index contributed by atoms with van der Waals surface area (Å²) in [7, 11) is 9.97. The summed E-state index contributed by atoms with van der Waals surface area (Å²) in [5, 5.41) is 0. The van der Waals surface area contributed by atoms with Crippen LogP contribution >= 0.6 is 28.9 Å². The van der Waals surface area contributed by atoms with Crippen molar-refractivity contribution >= 4 is 46.3 Å². The van der Waals surface area contributed by atoms with Crippen LogP contribution in [0, 0.1) is 0 Å². The Morgan fingerprint density at radius 2 is 1.20 bits per heavy atom. The van der Waals surface area contributed by atoms with E-state index in [0.29, 0.717) is 0 Å². The quantitative estimate of drug-likeness (QED) is 0.568. The molecular weight excluding hydrogens is 334 g/mol. The van der Waals surface area contributed by atoms with E-state index in [0.717, 1.165) is 0 Å². The van der Waals surface area contributed by atoms with Gasteiger partial charge in [-0.05, 0) is 0 Å². The van der Waals surface area contributed by atoms with Crippen molar-refractivity contribution in [3.8, 4) is 0 Å². The van der Waals surface area contributed by atoms with Crippen LogP contribution in [0.3, 0.4) is 0 Å². The van der Waals surface area contributed by atoms with Gasteiger partial charge in [-0.1, -0.05) is 0 Å². The second kappa shape index (κ2) is 16.2. The first kappa shape index (κ1) is 15.7. The maximum absolute atomic E-state index is 4.99. The SMILES string of the molecule is Cl.[AlH3].[Cl][Hg][Cl]. The van der Waals surface area contributed by atoms with Gasteiger partial charge < -0.3 is 0 Å². The topological polar surface area (TPSA) is 0 Å². The zero-order valence-electron chi connectivity index (χ0n) is 1.87. The fourth-order valence-electron chi connectivity index (χ4n) is 0. The van der Waals surface area contributed by atoms with Gasteiger partial charge in [0.2, 0.25) is 0 Å². The summed E-state index contributed by atoms with van der Waals surface area (Å²) in [4.78, 5) is 0. The van der Waals surface area contributed by atoms with E-state index in [4.69, 9.17) is 16.5 Å². The Balaban J connectivity index is -0.0000000200. The van der Waals surface area contributed by atoms with Crippen molar-refractivity contribution in [1.29, 1.82) is 0 Å². The zero-order chi connectivity index (χ0) is 2.71. The van der Waals surface area contributed by atoms with Gasteiger partial charge in [-0.2, -0.15) is 0 Å². The average molecular weight is 338 g/mol. The van der Waals surface area contributed by atoms with Gasteiger partial charge in [0.25, 0.3) is 0 Å². The van der Waals surface area contributed by atoms with Crippen molar-refractivity contribution in [3.05, 3.63) is 0 Å². The Hall–Kier alpha value is 2.34. The van der Waals surface area contributed by atoms with Crippen LogP contribution in [0.1, 0.15) is 0 Å². The van der Waals surface area contributed by atoms with E-state index in [2.05, 4.69) is 0 Å². The van der Waals surface area contributed by atoms with E-state index in [-0.39, 0.29) is 29.8 Å². The molecule has 0 saturated carbocycles. The second-order valence-corrected chi connectivity index (χ2v) is 7.98. The van der Waals surface area contributed by atoms with Crippen LogP contribution in [0.5, 0.6) is 0 Å². The summed E-state index contributed by atoms with van der Waals surface area (Å²) < 4.78 is 0. The maximum atomic E-state index is 4.99. The molecular formula is H4AlCl3Hg. The standard InChI is InChI=1S/Al.3ClH.Hg.3H/h;3*1H;;;;/q;;;;+2;;;/p-2. The normalized spacial score (nSPS) is 2.00. The Morgan fingerprint density at radius 1 is 1.20 bits per heavy atom. The summed E-state index contributed by atoms with van der Waals surface area (Å²) >= 11 is -1.14. The molecule has 0 aliphatic heterocycles. The Bertz CT molecular complexity index is 6.85. The van der Waals surface area contributed by atoms with Crippen molar-refractivity contribution in [3.63, 3.8) is 0 Å². The molecule has 0 rings (SSSR count).